The number of fused-ring (bicyclic) bond motifs is 5. The van der Waals surface area contributed by atoms with E-state index in [0.717, 1.165) is 30.4 Å². The Morgan fingerprint density at radius 2 is 1.83 bits per heavy atom. The van der Waals surface area contributed by atoms with Gasteiger partial charge in [0.15, 0.2) is 5.78 Å². The van der Waals surface area contributed by atoms with E-state index in [4.69, 9.17) is 0 Å². The molecule has 3 fully saturated rings. The maximum atomic E-state index is 13.6. The lowest BCUT2D eigenvalue weighted by atomic mass is 9.47. The number of nitrogens with one attached hydrogen (secondary N) is 1. The third-order valence-electron chi connectivity index (χ3n) is 9.41. The zero-order chi connectivity index (χ0) is 20.4. The van der Waals surface area contributed by atoms with Crippen molar-refractivity contribution in [1.82, 2.24) is 5.32 Å². The van der Waals surface area contributed by atoms with Crippen LogP contribution in [0, 0.1) is 41.4 Å². The van der Waals surface area contributed by atoms with Gasteiger partial charge in [0.2, 0.25) is 5.91 Å². The monoisotopic (exact) mass is 391 g/mol. The summed E-state index contributed by atoms with van der Waals surface area (Å²) < 4.78 is 0. The highest BCUT2D eigenvalue weighted by Gasteiger charge is 2.60. The van der Waals surface area contributed by atoms with E-state index >= 15 is 0 Å². The van der Waals surface area contributed by atoms with E-state index in [2.05, 4.69) is 38.2 Å². The molecule has 0 radical (unpaired) electrons. The highest BCUT2D eigenvalue weighted by Crippen LogP contribution is 2.65. The molecule has 0 saturated heterocycles. The molecule has 1 aromatic rings. The third kappa shape index (κ3) is 2.69. The Morgan fingerprint density at radius 1 is 1.03 bits per heavy atom. The molecule has 3 aliphatic carbocycles. The quantitative estimate of drug-likeness (QED) is 0.714. The second-order valence-corrected chi connectivity index (χ2v) is 10.6. The lowest BCUT2D eigenvalue weighted by Crippen LogP contribution is -2.59. The van der Waals surface area contributed by atoms with Crippen LogP contribution in [0.2, 0.25) is 0 Å². The summed E-state index contributed by atoms with van der Waals surface area (Å²) in [5.74, 6) is 2.50. The summed E-state index contributed by atoms with van der Waals surface area (Å²) in [6.45, 7) is 6.83. The van der Waals surface area contributed by atoms with Crippen molar-refractivity contribution >= 4 is 11.7 Å². The van der Waals surface area contributed by atoms with Gasteiger partial charge in [0, 0.05) is 22.9 Å². The fraction of sp³-hybridized carbons (Fsp3) is 0.615. The van der Waals surface area contributed by atoms with E-state index in [-0.39, 0.29) is 28.7 Å². The predicted octanol–water partition coefficient (Wildman–Crippen LogP) is 5.09. The molecule has 154 valence electrons. The van der Waals surface area contributed by atoms with E-state index in [0.29, 0.717) is 23.5 Å². The zero-order valence-corrected chi connectivity index (χ0v) is 17.9. The van der Waals surface area contributed by atoms with Crippen LogP contribution in [0.25, 0.3) is 0 Å². The Morgan fingerprint density at radius 3 is 2.62 bits per heavy atom. The molecule has 0 unspecified atom stereocenters. The van der Waals surface area contributed by atoms with E-state index in [1.54, 1.807) is 6.08 Å². The molecule has 0 aromatic heterocycles. The van der Waals surface area contributed by atoms with Gasteiger partial charge in [0.1, 0.15) is 0 Å². The van der Waals surface area contributed by atoms with Crippen molar-refractivity contribution in [2.24, 2.45) is 34.5 Å². The summed E-state index contributed by atoms with van der Waals surface area (Å²) in [5, 5.41) is 3.24. The number of aryl methyl sites for hydroxylation is 1. The molecule has 5 rings (SSSR count). The van der Waals surface area contributed by atoms with Gasteiger partial charge in [-0.3, -0.25) is 9.59 Å². The number of rotatable bonds is 2. The molecular weight excluding hydrogens is 358 g/mol. The lowest BCUT2D eigenvalue weighted by Gasteiger charge is -2.58. The normalized spacial score (nSPS) is 43.1. The van der Waals surface area contributed by atoms with Gasteiger partial charge in [-0.05, 0) is 80.3 Å². The Kier molecular flexibility index (Phi) is 4.31. The first-order valence-electron chi connectivity index (χ1n) is 11.4. The lowest BCUT2D eigenvalue weighted by molar-refractivity contribution is -0.122. The summed E-state index contributed by atoms with van der Waals surface area (Å²) >= 11 is 0. The number of amides is 1. The smallest absolute Gasteiger partial charge is 0.243 e. The van der Waals surface area contributed by atoms with Crippen LogP contribution < -0.4 is 5.32 Å². The molecule has 1 N–H and O–H groups in total. The van der Waals surface area contributed by atoms with Gasteiger partial charge in [-0.2, -0.15) is 0 Å². The summed E-state index contributed by atoms with van der Waals surface area (Å²) in [6, 6.07) is 8.37. The largest absolute Gasteiger partial charge is 0.349 e. The molecule has 7 atom stereocenters. The van der Waals surface area contributed by atoms with Gasteiger partial charge in [-0.15, -0.1) is 0 Å². The van der Waals surface area contributed by atoms with Gasteiger partial charge in [0.25, 0.3) is 0 Å². The minimum Gasteiger partial charge on any atom is -0.349 e. The fourth-order valence-corrected chi connectivity index (χ4v) is 7.80. The Balaban J connectivity index is 1.44. The Hall–Kier alpha value is -1.90. The van der Waals surface area contributed by atoms with Gasteiger partial charge in [-0.1, -0.05) is 44.2 Å². The van der Waals surface area contributed by atoms with Crippen LogP contribution in [0.1, 0.15) is 68.3 Å². The standard InChI is InChI=1S/C26H33NO2/c1-16-6-4-5-7-17(16)24(29)21-10-9-19-18-8-11-22-26(3,15-13-23(28)27-22)20(18)12-14-25(19,21)2/h4-7,13,15,18-22H,8-12,14H2,1-3H3,(H,27,28)/t18-,19-,20-,21+,22+,25-,26+/m0/s1. The minimum atomic E-state index is 0.0657. The van der Waals surface area contributed by atoms with Crippen molar-refractivity contribution in [3.8, 4) is 0 Å². The van der Waals surface area contributed by atoms with Crippen molar-refractivity contribution in [2.75, 3.05) is 0 Å². The van der Waals surface area contributed by atoms with Crippen molar-refractivity contribution in [3.63, 3.8) is 0 Å². The Bertz CT molecular complexity index is 888. The molecule has 0 spiro atoms. The van der Waals surface area contributed by atoms with E-state index in [1.165, 1.54) is 19.3 Å². The van der Waals surface area contributed by atoms with Gasteiger partial charge < -0.3 is 5.32 Å². The van der Waals surface area contributed by atoms with E-state index in [1.807, 2.05) is 18.2 Å². The van der Waals surface area contributed by atoms with Crippen molar-refractivity contribution in [1.29, 1.82) is 0 Å². The van der Waals surface area contributed by atoms with Gasteiger partial charge >= 0.3 is 0 Å². The summed E-state index contributed by atoms with van der Waals surface area (Å²) in [5.41, 5.74) is 2.21. The number of ketones is 1. The van der Waals surface area contributed by atoms with Crippen LogP contribution in [-0.4, -0.2) is 17.7 Å². The van der Waals surface area contributed by atoms with Crippen LogP contribution in [-0.2, 0) is 4.79 Å². The molecule has 3 saturated carbocycles. The molecule has 3 heteroatoms. The average Bonchev–Trinajstić information content (AvgIpc) is 3.05. The first kappa shape index (κ1) is 19.1. The van der Waals surface area contributed by atoms with Crippen molar-refractivity contribution < 1.29 is 9.59 Å². The third-order valence-corrected chi connectivity index (χ3v) is 9.41. The van der Waals surface area contributed by atoms with Crippen molar-refractivity contribution in [3.05, 3.63) is 47.5 Å². The Labute approximate surface area is 174 Å². The molecule has 3 nitrogen and oxygen atoms in total. The van der Waals surface area contributed by atoms with E-state index < -0.39 is 0 Å². The van der Waals surface area contributed by atoms with Crippen LogP contribution >= 0.6 is 0 Å². The van der Waals surface area contributed by atoms with Gasteiger partial charge in [-0.25, -0.2) is 0 Å². The second kappa shape index (κ2) is 6.55. The molecule has 1 heterocycles. The number of hydrogen-bond donors (Lipinski definition) is 1. The number of carbonyl (C=O) groups excluding carboxylic acids is 2. The predicted molar refractivity (Wildman–Crippen MR) is 114 cm³/mol. The highest BCUT2D eigenvalue weighted by molar-refractivity contribution is 5.99. The molecule has 1 aromatic carbocycles. The first-order chi connectivity index (χ1) is 13.8. The number of benzene rings is 1. The molecule has 1 amide bonds. The summed E-state index contributed by atoms with van der Waals surface area (Å²) in [7, 11) is 0. The van der Waals surface area contributed by atoms with Crippen LogP contribution in [0.15, 0.2) is 36.4 Å². The molecule has 29 heavy (non-hydrogen) atoms. The highest BCUT2D eigenvalue weighted by atomic mass is 16.1. The molecule has 4 aliphatic rings. The number of hydrogen-bond acceptors (Lipinski definition) is 2. The van der Waals surface area contributed by atoms with Crippen molar-refractivity contribution in [2.45, 2.75) is 65.3 Å². The molecular formula is C26H33NO2. The summed E-state index contributed by atoms with van der Waals surface area (Å²) in [4.78, 5) is 25.5. The number of carbonyl (C=O) groups is 2. The molecule has 1 aliphatic heterocycles. The zero-order valence-electron chi connectivity index (χ0n) is 17.9. The van der Waals surface area contributed by atoms with Crippen LogP contribution in [0.3, 0.4) is 0 Å². The minimum absolute atomic E-state index is 0.0657. The maximum absolute atomic E-state index is 13.6. The van der Waals surface area contributed by atoms with E-state index in [9.17, 15) is 9.59 Å². The first-order valence-corrected chi connectivity index (χ1v) is 11.4. The summed E-state index contributed by atoms with van der Waals surface area (Å²) in [6.07, 6.45) is 10.7. The second-order valence-electron chi connectivity index (χ2n) is 10.6. The number of Topliss-reactive ketones (excluding diaryl/α,β-unsaturated/α-hetero) is 1. The topological polar surface area (TPSA) is 46.2 Å². The average molecular weight is 392 g/mol. The fourth-order valence-electron chi connectivity index (χ4n) is 7.80. The van der Waals surface area contributed by atoms with Crippen LogP contribution in [0.5, 0.6) is 0 Å². The van der Waals surface area contributed by atoms with Crippen LogP contribution in [0.4, 0.5) is 0 Å². The maximum Gasteiger partial charge on any atom is 0.243 e. The van der Waals surface area contributed by atoms with Gasteiger partial charge in [0.05, 0.1) is 0 Å². The SMILES string of the molecule is Cc1ccccc1C(=O)[C@H]1CC[C@H]2[C@@H]3CC[C@H]4NC(=O)C=C[C@]4(C)[C@H]3CC[C@]12C. The molecule has 0 bridgehead atoms.